The summed E-state index contributed by atoms with van der Waals surface area (Å²) >= 11 is 7.40. The van der Waals surface area contributed by atoms with Crippen LogP contribution in [0.15, 0.2) is 30.3 Å². The number of benzene rings is 1. The fraction of sp³-hybridized carbons (Fsp3) is 0.450. The van der Waals surface area contributed by atoms with Crippen LogP contribution in [0.1, 0.15) is 44.1 Å². The van der Waals surface area contributed by atoms with Gasteiger partial charge in [0.05, 0.1) is 0 Å². The molecule has 8 heteroatoms. The maximum absolute atomic E-state index is 12.0. The number of anilines is 2. The summed E-state index contributed by atoms with van der Waals surface area (Å²) in [5.74, 6) is -0.265. The maximum atomic E-state index is 12.0. The molecule has 1 aliphatic rings. The molecular weight excluding hydrogens is 394 g/mol. The number of aromatic nitrogens is 2. The SMILES string of the molecule is O=C(C=Cc1ccccc1Cl)Nc1nnc(NCCCNC2CCCCC2)s1. The van der Waals surface area contributed by atoms with E-state index in [-0.39, 0.29) is 5.91 Å². The van der Waals surface area contributed by atoms with Gasteiger partial charge >= 0.3 is 0 Å². The number of halogens is 1. The Morgan fingerprint density at radius 3 is 2.75 bits per heavy atom. The number of carbonyl (C=O) groups excluding carboxylic acids is 1. The first kappa shape index (κ1) is 20.8. The Morgan fingerprint density at radius 1 is 1.14 bits per heavy atom. The second-order valence-electron chi connectivity index (χ2n) is 6.83. The van der Waals surface area contributed by atoms with Crippen LogP contribution in [-0.4, -0.2) is 35.2 Å². The quantitative estimate of drug-likeness (QED) is 0.410. The highest BCUT2D eigenvalue weighted by Crippen LogP contribution is 2.21. The Balaban J connectivity index is 1.35. The monoisotopic (exact) mass is 419 g/mol. The van der Waals surface area contributed by atoms with Gasteiger partial charge < -0.3 is 10.6 Å². The van der Waals surface area contributed by atoms with Gasteiger partial charge in [-0.1, -0.05) is 60.4 Å². The van der Waals surface area contributed by atoms with Crippen molar-refractivity contribution in [3.05, 3.63) is 40.9 Å². The lowest BCUT2D eigenvalue weighted by Gasteiger charge is -2.22. The number of hydrogen-bond donors (Lipinski definition) is 3. The van der Waals surface area contributed by atoms with Gasteiger partial charge in [0.25, 0.3) is 0 Å². The molecule has 28 heavy (non-hydrogen) atoms. The van der Waals surface area contributed by atoms with Crippen LogP contribution in [0.2, 0.25) is 5.02 Å². The summed E-state index contributed by atoms with van der Waals surface area (Å²) in [6.45, 7) is 1.83. The zero-order valence-corrected chi connectivity index (χ0v) is 17.4. The third kappa shape index (κ3) is 6.89. The molecule has 2 aromatic rings. The van der Waals surface area contributed by atoms with Gasteiger partial charge in [-0.25, -0.2) is 0 Å². The molecule has 1 fully saturated rings. The van der Waals surface area contributed by atoms with E-state index in [1.807, 2.05) is 18.2 Å². The Kier molecular flexibility index (Phi) is 8.26. The van der Waals surface area contributed by atoms with Gasteiger partial charge in [-0.2, -0.15) is 0 Å². The largest absolute Gasteiger partial charge is 0.360 e. The Labute approximate surface area is 174 Å². The third-order valence-electron chi connectivity index (χ3n) is 4.64. The molecule has 3 rings (SSSR count). The van der Waals surface area contributed by atoms with Crippen molar-refractivity contribution < 1.29 is 4.79 Å². The van der Waals surface area contributed by atoms with Crippen LogP contribution >= 0.6 is 22.9 Å². The average molecular weight is 420 g/mol. The molecule has 1 saturated carbocycles. The van der Waals surface area contributed by atoms with Crippen LogP contribution in [0, 0.1) is 0 Å². The van der Waals surface area contributed by atoms with Crippen LogP contribution in [0.5, 0.6) is 0 Å². The number of hydrogen-bond acceptors (Lipinski definition) is 6. The first-order chi connectivity index (χ1) is 13.7. The molecule has 1 aromatic carbocycles. The van der Waals surface area contributed by atoms with E-state index in [1.54, 1.807) is 12.1 Å². The van der Waals surface area contributed by atoms with Crippen LogP contribution in [0.25, 0.3) is 6.08 Å². The van der Waals surface area contributed by atoms with Gasteiger partial charge in [-0.05, 0) is 43.5 Å². The Hall–Kier alpha value is -1.96. The second kappa shape index (κ2) is 11.1. The highest BCUT2D eigenvalue weighted by Gasteiger charge is 2.12. The predicted molar refractivity (Wildman–Crippen MR) is 117 cm³/mol. The third-order valence-corrected chi connectivity index (χ3v) is 5.78. The van der Waals surface area contributed by atoms with Gasteiger partial charge in [0, 0.05) is 23.7 Å². The van der Waals surface area contributed by atoms with E-state index >= 15 is 0 Å². The van der Waals surface area contributed by atoms with Crippen molar-refractivity contribution in [3.8, 4) is 0 Å². The number of rotatable bonds is 9. The maximum Gasteiger partial charge on any atom is 0.250 e. The first-order valence-electron chi connectivity index (χ1n) is 9.75. The molecule has 6 nitrogen and oxygen atoms in total. The van der Waals surface area contributed by atoms with E-state index in [9.17, 15) is 4.79 Å². The summed E-state index contributed by atoms with van der Waals surface area (Å²) in [5, 5.41) is 19.5. The number of nitrogens with zero attached hydrogens (tertiary/aromatic N) is 2. The van der Waals surface area contributed by atoms with Crippen LogP contribution in [-0.2, 0) is 4.79 Å². The van der Waals surface area contributed by atoms with Crippen LogP contribution in [0.3, 0.4) is 0 Å². The fourth-order valence-corrected chi connectivity index (χ4v) is 4.04. The highest BCUT2D eigenvalue weighted by atomic mass is 35.5. The summed E-state index contributed by atoms with van der Waals surface area (Å²) in [7, 11) is 0. The molecule has 0 aliphatic heterocycles. The summed E-state index contributed by atoms with van der Waals surface area (Å²) in [6.07, 6.45) is 10.8. The smallest absolute Gasteiger partial charge is 0.250 e. The zero-order chi connectivity index (χ0) is 19.6. The molecule has 0 spiro atoms. The fourth-order valence-electron chi connectivity index (χ4n) is 3.16. The number of nitrogens with one attached hydrogen (secondary N) is 3. The molecule has 1 aromatic heterocycles. The van der Waals surface area contributed by atoms with E-state index in [4.69, 9.17) is 11.6 Å². The van der Waals surface area contributed by atoms with Gasteiger partial charge in [-0.3, -0.25) is 10.1 Å². The van der Waals surface area contributed by atoms with E-state index < -0.39 is 0 Å². The standard InChI is InChI=1S/C20H26ClN5OS/c21-17-10-5-4-7-15(17)11-12-18(27)24-20-26-25-19(28-20)23-14-6-13-22-16-8-2-1-3-9-16/h4-5,7,10-12,16,22H,1-3,6,8-9,13-14H2,(H,23,25)(H,24,26,27). The second-order valence-corrected chi connectivity index (χ2v) is 8.21. The molecule has 3 N–H and O–H groups in total. The van der Waals surface area contributed by atoms with Crippen molar-refractivity contribution in [2.24, 2.45) is 0 Å². The van der Waals surface area contributed by atoms with Crippen LogP contribution < -0.4 is 16.0 Å². The van der Waals surface area contributed by atoms with E-state index in [2.05, 4.69) is 26.1 Å². The molecule has 1 heterocycles. The van der Waals surface area contributed by atoms with Crippen molar-refractivity contribution in [2.45, 2.75) is 44.6 Å². The van der Waals surface area contributed by atoms with Crippen molar-refractivity contribution >= 4 is 45.2 Å². The van der Waals surface area contributed by atoms with Gasteiger partial charge in [-0.15, -0.1) is 10.2 Å². The molecule has 1 amide bonds. The summed E-state index contributed by atoms with van der Waals surface area (Å²) in [5.41, 5.74) is 0.792. The lowest BCUT2D eigenvalue weighted by molar-refractivity contribution is -0.111. The van der Waals surface area contributed by atoms with E-state index in [0.717, 1.165) is 25.1 Å². The molecule has 0 unspecified atom stereocenters. The van der Waals surface area contributed by atoms with Crippen molar-refractivity contribution in [3.63, 3.8) is 0 Å². The van der Waals surface area contributed by atoms with Crippen molar-refractivity contribution in [1.82, 2.24) is 15.5 Å². The summed E-state index contributed by atoms with van der Waals surface area (Å²) < 4.78 is 0. The zero-order valence-electron chi connectivity index (χ0n) is 15.8. The van der Waals surface area contributed by atoms with Gasteiger partial charge in [0.15, 0.2) is 0 Å². The molecule has 0 radical (unpaired) electrons. The molecule has 0 bridgehead atoms. The molecule has 1 aliphatic carbocycles. The normalized spacial score (nSPS) is 15.0. The lowest BCUT2D eigenvalue weighted by atomic mass is 9.95. The summed E-state index contributed by atoms with van der Waals surface area (Å²) in [4.78, 5) is 12.0. The minimum Gasteiger partial charge on any atom is -0.360 e. The van der Waals surface area contributed by atoms with E-state index in [0.29, 0.717) is 21.3 Å². The van der Waals surface area contributed by atoms with E-state index in [1.165, 1.54) is 49.5 Å². The molecule has 0 saturated heterocycles. The topological polar surface area (TPSA) is 78.9 Å². The minimum absolute atomic E-state index is 0.265. The first-order valence-corrected chi connectivity index (χ1v) is 10.9. The Bertz CT molecular complexity index is 788. The number of carbonyl (C=O) groups is 1. The minimum atomic E-state index is -0.265. The van der Waals surface area contributed by atoms with Crippen LogP contribution in [0.4, 0.5) is 10.3 Å². The van der Waals surface area contributed by atoms with Gasteiger partial charge in [0.1, 0.15) is 0 Å². The average Bonchev–Trinajstić information content (AvgIpc) is 3.15. The predicted octanol–water partition coefficient (Wildman–Crippen LogP) is 4.57. The molecule has 150 valence electrons. The van der Waals surface area contributed by atoms with Crippen molar-refractivity contribution in [2.75, 3.05) is 23.7 Å². The highest BCUT2D eigenvalue weighted by molar-refractivity contribution is 7.19. The summed E-state index contributed by atoms with van der Waals surface area (Å²) in [6, 6.07) is 8.04. The molecular formula is C20H26ClN5OS. The lowest BCUT2D eigenvalue weighted by Crippen LogP contribution is -2.32. The van der Waals surface area contributed by atoms with Crippen molar-refractivity contribution in [1.29, 1.82) is 0 Å². The number of amides is 1. The molecule has 0 atom stereocenters. The van der Waals surface area contributed by atoms with Gasteiger partial charge in [0.2, 0.25) is 16.2 Å². The Morgan fingerprint density at radius 2 is 1.93 bits per heavy atom.